The van der Waals surface area contributed by atoms with Crippen LogP contribution >= 0.6 is 12.4 Å². The van der Waals surface area contributed by atoms with E-state index < -0.39 is 0 Å². The van der Waals surface area contributed by atoms with Crippen LogP contribution in [0.5, 0.6) is 0 Å². The van der Waals surface area contributed by atoms with Gasteiger partial charge < -0.3 is 16.4 Å². The maximum atomic E-state index is 11.8. The van der Waals surface area contributed by atoms with Crippen LogP contribution in [0.25, 0.3) is 0 Å². The van der Waals surface area contributed by atoms with Crippen molar-refractivity contribution >= 4 is 29.9 Å². The predicted molar refractivity (Wildman–Crippen MR) is 103 cm³/mol. The highest BCUT2D eigenvalue weighted by Gasteiger charge is 2.05. The Balaban J connectivity index is 0.00000312. The van der Waals surface area contributed by atoms with Crippen LogP contribution in [-0.2, 0) is 22.4 Å². The van der Waals surface area contributed by atoms with E-state index >= 15 is 0 Å². The minimum atomic E-state index is -0.0733. The van der Waals surface area contributed by atoms with E-state index in [2.05, 4.69) is 10.6 Å². The van der Waals surface area contributed by atoms with Crippen LogP contribution in [0.4, 0.5) is 5.69 Å². The second kappa shape index (κ2) is 11.1. The van der Waals surface area contributed by atoms with Crippen molar-refractivity contribution in [3.8, 4) is 0 Å². The van der Waals surface area contributed by atoms with Gasteiger partial charge in [-0.3, -0.25) is 9.59 Å². The Bertz CT molecular complexity index is 660. The van der Waals surface area contributed by atoms with Gasteiger partial charge in [0.05, 0.1) is 6.42 Å². The Morgan fingerprint density at radius 2 is 1.44 bits per heavy atom. The number of hydrogen-bond donors (Lipinski definition) is 3. The second-order valence-electron chi connectivity index (χ2n) is 5.60. The van der Waals surface area contributed by atoms with Crippen molar-refractivity contribution in [1.82, 2.24) is 10.6 Å². The Labute approximate surface area is 154 Å². The van der Waals surface area contributed by atoms with Crippen molar-refractivity contribution in [3.63, 3.8) is 0 Å². The molecular formula is C19H24ClN3O2. The largest absolute Gasteiger partial charge is 0.399 e. The molecule has 0 atom stereocenters. The summed E-state index contributed by atoms with van der Waals surface area (Å²) in [6, 6.07) is 17.1. The van der Waals surface area contributed by atoms with E-state index in [0.717, 1.165) is 23.2 Å². The number of benzene rings is 2. The van der Waals surface area contributed by atoms with Crippen molar-refractivity contribution in [2.24, 2.45) is 0 Å². The Hall–Kier alpha value is -2.53. The number of amides is 2. The number of rotatable bonds is 8. The Morgan fingerprint density at radius 1 is 0.800 bits per heavy atom. The molecule has 0 aliphatic heterocycles. The highest BCUT2D eigenvalue weighted by atomic mass is 35.5. The standard InChI is InChI=1S/C19H23N3O2.ClH/c20-17-8-6-15(7-9-17)10-12-21-18(23)11-13-22-19(24)14-16-4-2-1-3-5-16;/h1-9H,10-14,20H2,(H,21,23)(H,22,24);1H. The molecule has 0 saturated heterocycles. The molecular weight excluding hydrogens is 338 g/mol. The molecule has 0 aromatic heterocycles. The van der Waals surface area contributed by atoms with Gasteiger partial charge in [0.25, 0.3) is 0 Å². The number of nitrogen functional groups attached to an aromatic ring is 1. The van der Waals surface area contributed by atoms with Crippen LogP contribution in [0, 0.1) is 0 Å². The van der Waals surface area contributed by atoms with E-state index in [1.54, 1.807) is 0 Å². The van der Waals surface area contributed by atoms with E-state index in [4.69, 9.17) is 5.73 Å². The van der Waals surface area contributed by atoms with Gasteiger partial charge in [0.2, 0.25) is 11.8 Å². The molecule has 4 N–H and O–H groups in total. The van der Waals surface area contributed by atoms with Crippen LogP contribution in [0.2, 0.25) is 0 Å². The third-order valence-electron chi connectivity index (χ3n) is 3.60. The van der Waals surface area contributed by atoms with E-state index in [1.807, 2.05) is 54.6 Å². The first-order valence-electron chi connectivity index (χ1n) is 8.05. The van der Waals surface area contributed by atoms with E-state index in [-0.39, 0.29) is 30.6 Å². The van der Waals surface area contributed by atoms with Gasteiger partial charge >= 0.3 is 0 Å². The van der Waals surface area contributed by atoms with Crippen LogP contribution in [0.15, 0.2) is 54.6 Å². The van der Waals surface area contributed by atoms with Gasteiger partial charge in [-0.05, 0) is 29.7 Å². The van der Waals surface area contributed by atoms with Gasteiger partial charge in [-0.15, -0.1) is 12.4 Å². The SMILES string of the molecule is Cl.Nc1ccc(CCNC(=O)CCNC(=O)Cc2ccccc2)cc1. The number of nitrogens with two attached hydrogens (primary N) is 1. The summed E-state index contributed by atoms with van der Waals surface area (Å²) in [4.78, 5) is 23.5. The fourth-order valence-electron chi connectivity index (χ4n) is 2.28. The van der Waals surface area contributed by atoms with Crippen molar-refractivity contribution in [2.45, 2.75) is 19.3 Å². The minimum Gasteiger partial charge on any atom is -0.399 e. The fourth-order valence-corrected chi connectivity index (χ4v) is 2.28. The molecule has 0 heterocycles. The molecule has 5 nitrogen and oxygen atoms in total. The summed E-state index contributed by atoms with van der Waals surface area (Å²) in [5, 5.41) is 5.61. The second-order valence-corrected chi connectivity index (χ2v) is 5.60. The molecule has 2 aromatic carbocycles. The van der Waals surface area contributed by atoms with Crippen LogP contribution < -0.4 is 16.4 Å². The zero-order valence-corrected chi connectivity index (χ0v) is 14.9. The topological polar surface area (TPSA) is 84.2 Å². The molecule has 0 aliphatic rings. The number of anilines is 1. The van der Waals surface area contributed by atoms with E-state index in [0.29, 0.717) is 19.5 Å². The number of nitrogens with one attached hydrogen (secondary N) is 2. The lowest BCUT2D eigenvalue weighted by Crippen LogP contribution is -2.32. The molecule has 6 heteroatoms. The van der Waals surface area contributed by atoms with Crippen molar-refractivity contribution in [2.75, 3.05) is 18.8 Å². The lowest BCUT2D eigenvalue weighted by atomic mass is 10.1. The molecule has 0 bridgehead atoms. The summed E-state index contributed by atoms with van der Waals surface area (Å²) in [5.41, 5.74) is 8.44. The first-order valence-corrected chi connectivity index (χ1v) is 8.05. The Kier molecular flexibility index (Phi) is 9.11. The van der Waals surface area contributed by atoms with E-state index in [9.17, 15) is 9.59 Å². The van der Waals surface area contributed by atoms with Crippen LogP contribution in [-0.4, -0.2) is 24.9 Å². The highest BCUT2D eigenvalue weighted by Crippen LogP contribution is 2.05. The van der Waals surface area contributed by atoms with E-state index in [1.165, 1.54) is 0 Å². The maximum Gasteiger partial charge on any atom is 0.224 e. The van der Waals surface area contributed by atoms with Gasteiger partial charge in [0.1, 0.15) is 0 Å². The molecule has 0 aliphatic carbocycles. The molecule has 2 amide bonds. The van der Waals surface area contributed by atoms with Crippen molar-refractivity contribution < 1.29 is 9.59 Å². The lowest BCUT2D eigenvalue weighted by molar-refractivity contribution is -0.122. The van der Waals surface area contributed by atoms with Gasteiger partial charge in [-0.2, -0.15) is 0 Å². The Morgan fingerprint density at radius 3 is 2.12 bits per heavy atom. The molecule has 134 valence electrons. The molecule has 0 fully saturated rings. The number of halogens is 1. The summed E-state index contributed by atoms with van der Waals surface area (Å²) in [6.07, 6.45) is 1.37. The van der Waals surface area contributed by atoms with Gasteiger partial charge in [-0.1, -0.05) is 42.5 Å². The molecule has 0 radical (unpaired) electrons. The molecule has 2 rings (SSSR count). The highest BCUT2D eigenvalue weighted by molar-refractivity contribution is 5.85. The normalized spacial score (nSPS) is 9.76. The van der Waals surface area contributed by atoms with Gasteiger partial charge in [0, 0.05) is 25.2 Å². The number of hydrogen-bond acceptors (Lipinski definition) is 3. The molecule has 2 aromatic rings. The third kappa shape index (κ3) is 8.22. The zero-order valence-electron chi connectivity index (χ0n) is 14.0. The summed E-state index contributed by atoms with van der Waals surface area (Å²) >= 11 is 0. The average Bonchev–Trinajstić information content (AvgIpc) is 2.57. The average molecular weight is 362 g/mol. The maximum absolute atomic E-state index is 11.8. The zero-order chi connectivity index (χ0) is 17.2. The quantitative estimate of drug-likeness (QED) is 0.629. The molecule has 0 unspecified atom stereocenters. The summed E-state index contributed by atoms with van der Waals surface area (Å²) in [5.74, 6) is -0.138. The fraction of sp³-hybridized carbons (Fsp3) is 0.263. The van der Waals surface area contributed by atoms with Gasteiger partial charge in [-0.25, -0.2) is 0 Å². The molecule has 0 saturated carbocycles. The smallest absolute Gasteiger partial charge is 0.224 e. The van der Waals surface area contributed by atoms with Crippen molar-refractivity contribution in [1.29, 1.82) is 0 Å². The third-order valence-corrected chi connectivity index (χ3v) is 3.60. The predicted octanol–water partition coefficient (Wildman–Crippen LogP) is 2.10. The summed E-state index contributed by atoms with van der Waals surface area (Å²) in [7, 11) is 0. The molecule has 25 heavy (non-hydrogen) atoms. The first-order chi connectivity index (χ1) is 11.6. The van der Waals surface area contributed by atoms with Crippen LogP contribution in [0.1, 0.15) is 17.5 Å². The number of carbonyl (C=O) groups excluding carboxylic acids is 2. The lowest BCUT2D eigenvalue weighted by Gasteiger charge is -2.07. The van der Waals surface area contributed by atoms with Crippen molar-refractivity contribution in [3.05, 3.63) is 65.7 Å². The first kappa shape index (κ1) is 20.5. The minimum absolute atomic E-state index is 0. The summed E-state index contributed by atoms with van der Waals surface area (Å²) in [6.45, 7) is 0.917. The monoisotopic (exact) mass is 361 g/mol. The van der Waals surface area contributed by atoms with Crippen LogP contribution in [0.3, 0.4) is 0 Å². The summed E-state index contributed by atoms with van der Waals surface area (Å²) < 4.78 is 0. The van der Waals surface area contributed by atoms with Gasteiger partial charge in [0.15, 0.2) is 0 Å². The number of carbonyl (C=O) groups is 2. The molecule has 0 spiro atoms.